The number of nitrogens with zero attached hydrogens (tertiary/aromatic N) is 3. The van der Waals surface area contributed by atoms with Gasteiger partial charge in [0, 0.05) is 49.1 Å². The summed E-state index contributed by atoms with van der Waals surface area (Å²) in [6, 6.07) is 6.56. The SMILES string of the molecule is CNS(=O)(=O)Nc1nccc(Cc2c(C)c3cc(C)c(Oc4ncccn4)cc3oc2=O)c1F.[KH]. The van der Waals surface area contributed by atoms with Gasteiger partial charge in [-0.05, 0) is 48.7 Å². The summed E-state index contributed by atoms with van der Waals surface area (Å²) < 4.78 is 53.6. The van der Waals surface area contributed by atoms with Crippen LogP contribution in [0.4, 0.5) is 10.2 Å². The predicted octanol–water partition coefficient (Wildman–Crippen LogP) is 2.34. The fourth-order valence-electron chi connectivity index (χ4n) is 3.34. The minimum absolute atomic E-state index is 0. The predicted molar refractivity (Wildman–Crippen MR) is 130 cm³/mol. The van der Waals surface area contributed by atoms with E-state index in [-0.39, 0.29) is 74.9 Å². The van der Waals surface area contributed by atoms with Gasteiger partial charge in [-0.2, -0.15) is 8.42 Å². The van der Waals surface area contributed by atoms with Crippen molar-refractivity contribution < 1.29 is 22.0 Å². The summed E-state index contributed by atoms with van der Waals surface area (Å²) in [6.45, 7) is 3.56. The number of halogens is 1. The molecule has 13 heteroatoms. The van der Waals surface area contributed by atoms with Crippen LogP contribution >= 0.6 is 0 Å². The normalized spacial score (nSPS) is 11.2. The number of pyridine rings is 1. The fraction of sp³-hybridized carbons (Fsp3) is 0.182. The van der Waals surface area contributed by atoms with Gasteiger partial charge >= 0.3 is 63.0 Å². The van der Waals surface area contributed by atoms with E-state index in [1.165, 1.54) is 19.3 Å². The van der Waals surface area contributed by atoms with Crippen LogP contribution in [-0.2, 0) is 16.6 Å². The Bertz CT molecular complexity index is 1550. The molecule has 0 aliphatic heterocycles. The van der Waals surface area contributed by atoms with Crippen LogP contribution in [0.15, 0.2) is 52.1 Å². The molecule has 0 unspecified atom stereocenters. The van der Waals surface area contributed by atoms with Gasteiger partial charge in [-0.1, -0.05) is 0 Å². The molecule has 4 rings (SSSR count). The topological polar surface area (TPSA) is 136 Å². The van der Waals surface area contributed by atoms with Gasteiger partial charge in [0.2, 0.25) is 0 Å². The van der Waals surface area contributed by atoms with E-state index in [9.17, 15) is 17.6 Å². The summed E-state index contributed by atoms with van der Waals surface area (Å²) >= 11 is 0. The first-order valence-electron chi connectivity index (χ1n) is 10.0. The number of aryl methyl sites for hydroxylation is 2. The van der Waals surface area contributed by atoms with Gasteiger partial charge in [0.05, 0.1) is 0 Å². The standard InChI is InChI=1S/C22H20FN5O5S.K.H/c1-12-9-15-13(2)16(10-14-5-8-25-20(19(14)23)28-34(30,31)24-3)21(29)32-18(15)11-17(12)33-22-26-6-4-7-27-22;;/h4-9,11,24H,10H2,1-3H3,(H,25,28);;. The average Bonchev–Trinajstić information content (AvgIpc) is 2.81. The van der Waals surface area contributed by atoms with E-state index in [0.29, 0.717) is 22.3 Å². The van der Waals surface area contributed by atoms with Gasteiger partial charge in [0.25, 0.3) is 10.2 Å². The third kappa shape index (κ3) is 6.12. The molecule has 0 aliphatic rings. The number of nitrogens with one attached hydrogen (secondary N) is 2. The molecular weight excluding hydrogens is 504 g/mol. The van der Waals surface area contributed by atoms with Crippen LogP contribution in [0, 0.1) is 19.7 Å². The van der Waals surface area contributed by atoms with E-state index in [0.717, 1.165) is 5.56 Å². The first-order chi connectivity index (χ1) is 16.2. The first-order valence-corrected chi connectivity index (χ1v) is 11.5. The zero-order valence-electron chi connectivity index (χ0n) is 18.4. The van der Waals surface area contributed by atoms with Crippen LogP contribution < -0.4 is 19.8 Å². The molecule has 0 aliphatic carbocycles. The van der Waals surface area contributed by atoms with Crippen molar-refractivity contribution in [2.24, 2.45) is 0 Å². The van der Waals surface area contributed by atoms with E-state index in [1.807, 2.05) is 16.4 Å². The van der Waals surface area contributed by atoms with Gasteiger partial charge in [-0.25, -0.2) is 28.9 Å². The van der Waals surface area contributed by atoms with Crippen molar-refractivity contribution in [2.45, 2.75) is 20.3 Å². The zero-order valence-corrected chi connectivity index (χ0v) is 19.2. The molecule has 3 heterocycles. The maximum absolute atomic E-state index is 14.9. The molecule has 2 N–H and O–H groups in total. The Kier molecular flexibility index (Phi) is 8.75. The van der Waals surface area contributed by atoms with Crippen LogP contribution in [0.2, 0.25) is 0 Å². The molecule has 35 heavy (non-hydrogen) atoms. The van der Waals surface area contributed by atoms with E-state index in [4.69, 9.17) is 9.15 Å². The Morgan fingerprint density at radius 1 is 1.11 bits per heavy atom. The second-order valence-corrected chi connectivity index (χ2v) is 8.98. The van der Waals surface area contributed by atoms with Gasteiger partial charge in [-0.15, -0.1) is 0 Å². The monoisotopic (exact) mass is 525 g/mol. The Hall–Kier alpha value is -2.26. The van der Waals surface area contributed by atoms with Gasteiger partial charge < -0.3 is 9.15 Å². The summed E-state index contributed by atoms with van der Waals surface area (Å²) in [5.74, 6) is -0.936. The Labute approximate surface area is 243 Å². The number of fused-ring (bicyclic) bond motifs is 1. The third-order valence-corrected chi connectivity index (χ3v) is 6.16. The molecule has 3 aromatic heterocycles. The van der Waals surface area contributed by atoms with Crippen LogP contribution in [0.5, 0.6) is 11.8 Å². The number of ether oxygens (including phenoxy) is 1. The third-order valence-electron chi connectivity index (χ3n) is 5.16. The fourth-order valence-corrected chi connectivity index (χ4v) is 3.83. The van der Waals surface area contributed by atoms with Crippen molar-refractivity contribution in [3.63, 3.8) is 0 Å². The summed E-state index contributed by atoms with van der Waals surface area (Å²) in [4.78, 5) is 24.6. The number of aromatic nitrogens is 3. The van der Waals surface area contributed by atoms with Crippen molar-refractivity contribution in [3.8, 4) is 11.8 Å². The van der Waals surface area contributed by atoms with E-state index in [1.54, 1.807) is 37.5 Å². The molecule has 0 radical (unpaired) electrons. The molecule has 4 aromatic rings. The summed E-state index contributed by atoms with van der Waals surface area (Å²) in [6.07, 6.45) is 4.22. The molecule has 0 fully saturated rings. The van der Waals surface area contributed by atoms with Crippen molar-refractivity contribution in [2.75, 3.05) is 11.8 Å². The van der Waals surface area contributed by atoms with Crippen molar-refractivity contribution >= 4 is 78.4 Å². The molecule has 0 saturated heterocycles. The summed E-state index contributed by atoms with van der Waals surface area (Å²) in [7, 11) is -2.79. The van der Waals surface area contributed by atoms with Crippen molar-refractivity contribution in [3.05, 3.63) is 81.3 Å². The molecule has 10 nitrogen and oxygen atoms in total. The maximum atomic E-state index is 14.9. The molecule has 178 valence electrons. The number of benzene rings is 1. The minimum atomic E-state index is -3.96. The van der Waals surface area contributed by atoms with Crippen LogP contribution in [0.25, 0.3) is 11.0 Å². The first kappa shape index (κ1) is 27.3. The quantitative estimate of drug-likeness (QED) is 0.277. The summed E-state index contributed by atoms with van der Waals surface area (Å²) in [5, 5.41) is 0.652. The van der Waals surface area contributed by atoms with Gasteiger partial charge in [0.1, 0.15) is 11.3 Å². The molecule has 0 bridgehead atoms. The average molecular weight is 526 g/mol. The second kappa shape index (κ2) is 11.2. The number of rotatable bonds is 7. The Balaban J connectivity index is 0.00000342. The Morgan fingerprint density at radius 2 is 1.83 bits per heavy atom. The Morgan fingerprint density at radius 3 is 2.51 bits per heavy atom. The molecule has 1 aromatic carbocycles. The van der Waals surface area contributed by atoms with Crippen molar-refractivity contribution in [1.82, 2.24) is 19.7 Å². The van der Waals surface area contributed by atoms with Gasteiger partial charge in [0.15, 0.2) is 11.6 Å². The molecule has 0 atom stereocenters. The second-order valence-electron chi connectivity index (χ2n) is 7.36. The van der Waals surface area contributed by atoms with Crippen molar-refractivity contribution in [1.29, 1.82) is 0 Å². The molecule has 0 spiro atoms. The molecule has 0 saturated carbocycles. The molecule has 0 amide bonds. The molecular formula is C22H21FKN5O5S. The van der Waals surface area contributed by atoms with Crippen LogP contribution in [0.3, 0.4) is 0 Å². The van der Waals surface area contributed by atoms with E-state index < -0.39 is 27.5 Å². The van der Waals surface area contributed by atoms with E-state index >= 15 is 0 Å². The van der Waals surface area contributed by atoms with Gasteiger partial charge in [-0.3, -0.25) is 4.72 Å². The summed E-state index contributed by atoms with van der Waals surface area (Å²) in [5.41, 5.74) is 1.31. The number of hydrogen-bond acceptors (Lipinski definition) is 8. The van der Waals surface area contributed by atoms with Crippen LogP contribution in [0.1, 0.15) is 22.3 Å². The van der Waals surface area contributed by atoms with E-state index in [2.05, 4.69) is 15.0 Å². The number of hydrogen-bond donors (Lipinski definition) is 2. The zero-order chi connectivity index (χ0) is 24.5. The number of anilines is 1. The van der Waals surface area contributed by atoms with Crippen LogP contribution in [-0.4, -0.2) is 81.8 Å².